The highest BCUT2D eigenvalue weighted by molar-refractivity contribution is 5.80. The normalized spacial score (nSPS) is 20.7. The minimum Gasteiger partial charge on any atom is -0.357 e. The number of likely N-dealkylation sites (tertiary alicyclic amines) is 1. The zero-order chi connectivity index (χ0) is 18.1. The van der Waals surface area contributed by atoms with Crippen molar-refractivity contribution in [2.45, 2.75) is 51.7 Å². The Morgan fingerprint density at radius 3 is 2.68 bits per heavy atom. The van der Waals surface area contributed by atoms with Gasteiger partial charge < -0.3 is 10.2 Å². The average Bonchev–Trinajstić information content (AvgIpc) is 3.25. The van der Waals surface area contributed by atoms with Crippen LogP contribution >= 0.6 is 0 Å². The number of nitrogens with zero attached hydrogens (tertiary/aromatic N) is 4. The summed E-state index contributed by atoms with van der Waals surface area (Å²) < 4.78 is 40.5. The molecule has 25 heavy (non-hydrogen) atoms. The fourth-order valence-corrected chi connectivity index (χ4v) is 4.13. The van der Waals surface area contributed by atoms with E-state index < -0.39 is 11.9 Å². The Morgan fingerprint density at radius 1 is 1.32 bits per heavy atom. The Kier molecular flexibility index (Phi) is 4.97. The summed E-state index contributed by atoms with van der Waals surface area (Å²) in [4.78, 5) is 6.69. The summed E-state index contributed by atoms with van der Waals surface area (Å²) in [5.74, 6) is 0.711. The second kappa shape index (κ2) is 6.88. The highest BCUT2D eigenvalue weighted by Gasteiger charge is 2.41. The van der Waals surface area contributed by atoms with Crippen LogP contribution in [0.2, 0.25) is 0 Å². The monoisotopic (exact) mass is 357 g/mol. The molecule has 0 aromatic carbocycles. The van der Waals surface area contributed by atoms with Crippen LogP contribution < -0.4 is 5.32 Å². The van der Waals surface area contributed by atoms with E-state index in [4.69, 9.17) is 0 Å². The summed E-state index contributed by atoms with van der Waals surface area (Å²) >= 11 is 0. The predicted molar refractivity (Wildman–Crippen MR) is 90.1 cm³/mol. The summed E-state index contributed by atoms with van der Waals surface area (Å²) in [6.45, 7) is 4.53. The molecule has 1 saturated carbocycles. The molecule has 3 rings (SSSR count). The first-order chi connectivity index (χ1) is 11.8. The van der Waals surface area contributed by atoms with Gasteiger partial charge in [-0.1, -0.05) is 12.8 Å². The van der Waals surface area contributed by atoms with Crippen molar-refractivity contribution < 1.29 is 13.2 Å². The van der Waals surface area contributed by atoms with Crippen LogP contribution in [0.1, 0.15) is 50.3 Å². The third kappa shape index (κ3) is 3.93. The number of guanidine groups is 1. The van der Waals surface area contributed by atoms with Gasteiger partial charge in [-0.2, -0.15) is 18.3 Å². The van der Waals surface area contributed by atoms with Gasteiger partial charge in [-0.3, -0.25) is 4.68 Å². The van der Waals surface area contributed by atoms with Crippen LogP contribution in [0.25, 0.3) is 0 Å². The lowest BCUT2D eigenvalue weighted by Gasteiger charge is -2.26. The van der Waals surface area contributed by atoms with Crippen LogP contribution in [-0.4, -0.2) is 40.3 Å². The summed E-state index contributed by atoms with van der Waals surface area (Å²) in [5.41, 5.74) is -0.342. The Morgan fingerprint density at radius 2 is 2.04 bits per heavy atom. The van der Waals surface area contributed by atoms with Gasteiger partial charge in [-0.25, -0.2) is 4.99 Å². The molecule has 8 heteroatoms. The predicted octanol–water partition coefficient (Wildman–Crippen LogP) is 3.17. The molecular formula is C17H26F3N5. The lowest BCUT2D eigenvalue weighted by molar-refractivity contribution is -0.142. The first-order valence-corrected chi connectivity index (χ1v) is 8.96. The molecule has 2 aliphatic rings. The number of aromatic nitrogens is 2. The smallest absolute Gasteiger partial charge is 0.357 e. The maximum absolute atomic E-state index is 13.1. The van der Waals surface area contributed by atoms with Crippen LogP contribution in [-0.2, 0) is 19.8 Å². The van der Waals surface area contributed by atoms with Gasteiger partial charge in [0.2, 0.25) is 0 Å². The van der Waals surface area contributed by atoms with Gasteiger partial charge in [0.15, 0.2) is 11.7 Å². The molecule has 1 saturated heterocycles. The Bertz CT molecular complexity index is 629. The highest BCUT2D eigenvalue weighted by Crippen LogP contribution is 2.45. The van der Waals surface area contributed by atoms with E-state index in [1.54, 1.807) is 0 Å². The Labute approximate surface area is 146 Å². The van der Waals surface area contributed by atoms with Crippen LogP contribution in [0.5, 0.6) is 0 Å². The minimum absolute atomic E-state index is 0.0193. The van der Waals surface area contributed by atoms with Crippen LogP contribution in [0.3, 0.4) is 0 Å². The van der Waals surface area contributed by atoms with Crippen LogP contribution in [0.4, 0.5) is 13.2 Å². The first kappa shape index (κ1) is 18.1. The molecule has 1 aromatic rings. The molecule has 1 aliphatic carbocycles. The van der Waals surface area contributed by atoms with E-state index in [9.17, 15) is 13.2 Å². The van der Waals surface area contributed by atoms with E-state index in [2.05, 4.69) is 20.3 Å². The summed E-state index contributed by atoms with van der Waals surface area (Å²) in [6, 6.07) is 0. The summed E-state index contributed by atoms with van der Waals surface area (Å²) in [7, 11) is 1.50. The SMILES string of the molecule is CCNC(=NCc1cn(C)nc1C(F)(F)F)N1CCC2(CCCC2)C1. The number of hydrogen-bond donors (Lipinski definition) is 1. The molecule has 1 aromatic heterocycles. The van der Waals surface area contributed by atoms with Gasteiger partial charge in [0.05, 0.1) is 6.54 Å². The highest BCUT2D eigenvalue weighted by atomic mass is 19.4. The Hall–Kier alpha value is -1.73. The fourth-order valence-electron chi connectivity index (χ4n) is 4.13. The lowest BCUT2D eigenvalue weighted by atomic mass is 9.86. The number of aliphatic imine (C=N–C) groups is 1. The molecule has 5 nitrogen and oxygen atoms in total. The second-order valence-electron chi connectivity index (χ2n) is 7.22. The van der Waals surface area contributed by atoms with E-state index in [1.807, 2.05) is 6.92 Å². The molecule has 2 heterocycles. The zero-order valence-corrected chi connectivity index (χ0v) is 14.9. The molecule has 0 radical (unpaired) electrons. The molecule has 1 aliphatic heterocycles. The first-order valence-electron chi connectivity index (χ1n) is 8.96. The topological polar surface area (TPSA) is 45.5 Å². The van der Waals surface area contributed by atoms with E-state index in [-0.39, 0.29) is 12.1 Å². The third-order valence-corrected chi connectivity index (χ3v) is 5.31. The molecule has 0 amide bonds. The second-order valence-corrected chi connectivity index (χ2v) is 7.22. The van der Waals surface area contributed by atoms with Crippen molar-refractivity contribution in [3.63, 3.8) is 0 Å². The van der Waals surface area contributed by atoms with Crippen molar-refractivity contribution in [3.05, 3.63) is 17.5 Å². The average molecular weight is 357 g/mol. The van der Waals surface area contributed by atoms with Crippen molar-refractivity contribution >= 4 is 5.96 Å². The number of aryl methyl sites for hydroxylation is 1. The minimum atomic E-state index is -4.45. The fraction of sp³-hybridized carbons (Fsp3) is 0.765. The quantitative estimate of drug-likeness (QED) is 0.668. The van der Waals surface area contributed by atoms with Gasteiger partial charge in [0.1, 0.15) is 0 Å². The molecule has 140 valence electrons. The van der Waals surface area contributed by atoms with Gasteiger partial charge in [-0.15, -0.1) is 0 Å². The number of nitrogens with one attached hydrogen (secondary N) is 1. The van der Waals surface area contributed by atoms with Crippen molar-refractivity contribution in [2.75, 3.05) is 19.6 Å². The molecule has 2 fully saturated rings. The number of hydrogen-bond acceptors (Lipinski definition) is 2. The van der Waals surface area contributed by atoms with E-state index in [0.717, 1.165) is 19.5 Å². The number of halogens is 3. The summed E-state index contributed by atoms with van der Waals surface area (Å²) in [6.07, 6.45) is 3.17. The number of rotatable bonds is 3. The zero-order valence-electron chi connectivity index (χ0n) is 14.9. The van der Waals surface area contributed by atoms with Crippen molar-refractivity contribution in [1.82, 2.24) is 20.0 Å². The lowest BCUT2D eigenvalue weighted by Crippen LogP contribution is -2.41. The van der Waals surface area contributed by atoms with E-state index >= 15 is 0 Å². The third-order valence-electron chi connectivity index (χ3n) is 5.31. The maximum atomic E-state index is 13.1. The van der Waals surface area contributed by atoms with Crippen molar-refractivity contribution in [1.29, 1.82) is 0 Å². The molecule has 0 unspecified atom stereocenters. The van der Waals surface area contributed by atoms with Crippen molar-refractivity contribution in [2.24, 2.45) is 17.5 Å². The van der Waals surface area contributed by atoms with Crippen molar-refractivity contribution in [3.8, 4) is 0 Å². The molecule has 1 N–H and O–H groups in total. The van der Waals surface area contributed by atoms with Crippen LogP contribution in [0.15, 0.2) is 11.2 Å². The maximum Gasteiger partial charge on any atom is 0.435 e. The van der Waals surface area contributed by atoms with Gasteiger partial charge >= 0.3 is 6.18 Å². The summed E-state index contributed by atoms with van der Waals surface area (Å²) in [5, 5.41) is 6.78. The van der Waals surface area contributed by atoms with Gasteiger partial charge in [0.25, 0.3) is 0 Å². The molecule has 0 atom stereocenters. The van der Waals surface area contributed by atoms with Crippen LogP contribution in [0, 0.1) is 5.41 Å². The Balaban J connectivity index is 1.75. The molecular weight excluding hydrogens is 331 g/mol. The van der Waals surface area contributed by atoms with Gasteiger partial charge in [-0.05, 0) is 31.6 Å². The largest absolute Gasteiger partial charge is 0.435 e. The molecule has 0 bridgehead atoms. The van der Waals surface area contributed by atoms with E-state index in [0.29, 0.717) is 17.9 Å². The standard InChI is InChI=1S/C17H26F3N5/c1-3-21-15(25-9-8-16(12-25)6-4-5-7-16)22-10-13-11-24(2)23-14(13)17(18,19)20/h11H,3-10,12H2,1-2H3,(H,21,22). The van der Waals surface area contributed by atoms with Gasteiger partial charge in [0, 0.05) is 38.4 Å². The number of alkyl halides is 3. The van der Waals surface area contributed by atoms with E-state index in [1.165, 1.54) is 43.6 Å². The molecule has 1 spiro atoms.